The molecule has 0 saturated heterocycles. The van der Waals surface area contributed by atoms with Crippen molar-refractivity contribution in [2.24, 2.45) is 0 Å². The fraction of sp³-hybridized carbons (Fsp3) is 0.556. The summed E-state index contributed by atoms with van der Waals surface area (Å²) < 4.78 is 0. The first-order chi connectivity index (χ1) is 6.31. The van der Waals surface area contributed by atoms with Crippen molar-refractivity contribution in [1.29, 1.82) is 0 Å². The average Bonchev–Trinajstić information content (AvgIpc) is 2.52. The zero-order valence-corrected chi connectivity index (χ0v) is 8.36. The van der Waals surface area contributed by atoms with Gasteiger partial charge in [-0.2, -0.15) is 0 Å². The second kappa shape index (κ2) is 3.50. The van der Waals surface area contributed by atoms with Crippen LogP contribution in [0.25, 0.3) is 0 Å². The average molecular weight is 198 g/mol. The summed E-state index contributed by atoms with van der Waals surface area (Å²) in [5.74, 6) is 0.926. The molecule has 0 aliphatic heterocycles. The Bertz CT molecular complexity index is 325. The Kier molecular flexibility index (Phi) is 2.36. The van der Waals surface area contributed by atoms with E-state index in [1.54, 1.807) is 0 Å². The maximum atomic E-state index is 5.80. The van der Waals surface area contributed by atoms with Crippen molar-refractivity contribution in [2.75, 3.05) is 11.9 Å². The SMILES string of the molecule is CCNc1nc(Cl)nc2c1CCC2. The minimum absolute atomic E-state index is 0.358. The molecule has 4 heteroatoms. The van der Waals surface area contributed by atoms with Crippen LogP contribution in [0.1, 0.15) is 24.6 Å². The highest BCUT2D eigenvalue weighted by molar-refractivity contribution is 6.28. The number of rotatable bonds is 2. The summed E-state index contributed by atoms with van der Waals surface area (Å²) in [5.41, 5.74) is 2.38. The second-order valence-electron chi connectivity index (χ2n) is 3.15. The van der Waals surface area contributed by atoms with Crippen LogP contribution in [0, 0.1) is 0 Å². The van der Waals surface area contributed by atoms with Gasteiger partial charge in [0.25, 0.3) is 0 Å². The molecule has 1 aromatic heterocycles. The van der Waals surface area contributed by atoms with E-state index in [9.17, 15) is 0 Å². The number of fused-ring (bicyclic) bond motifs is 1. The number of anilines is 1. The lowest BCUT2D eigenvalue weighted by molar-refractivity contribution is 0.899. The molecule has 1 aromatic rings. The molecule has 1 aliphatic rings. The molecular weight excluding hydrogens is 186 g/mol. The summed E-state index contributed by atoms with van der Waals surface area (Å²) in [7, 11) is 0. The molecule has 0 saturated carbocycles. The first-order valence-electron chi connectivity index (χ1n) is 4.60. The maximum absolute atomic E-state index is 5.80. The van der Waals surface area contributed by atoms with Gasteiger partial charge in [0.2, 0.25) is 5.28 Å². The minimum Gasteiger partial charge on any atom is -0.370 e. The van der Waals surface area contributed by atoms with Gasteiger partial charge >= 0.3 is 0 Å². The largest absolute Gasteiger partial charge is 0.370 e. The van der Waals surface area contributed by atoms with E-state index in [0.717, 1.165) is 30.9 Å². The van der Waals surface area contributed by atoms with Gasteiger partial charge in [0.1, 0.15) is 5.82 Å². The van der Waals surface area contributed by atoms with Crippen LogP contribution >= 0.6 is 11.6 Å². The Hall–Kier alpha value is -0.830. The van der Waals surface area contributed by atoms with E-state index in [4.69, 9.17) is 11.6 Å². The molecule has 1 aliphatic carbocycles. The fourth-order valence-electron chi connectivity index (χ4n) is 1.72. The Morgan fingerprint density at radius 2 is 2.23 bits per heavy atom. The lowest BCUT2D eigenvalue weighted by atomic mass is 10.2. The number of nitrogens with zero attached hydrogens (tertiary/aromatic N) is 2. The number of halogens is 1. The third-order valence-corrected chi connectivity index (χ3v) is 2.42. The van der Waals surface area contributed by atoms with E-state index in [1.165, 1.54) is 12.0 Å². The lowest BCUT2D eigenvalue weighted by Gasteiger charge is -2.07. The highest BCUT2D eigenvalue weighted by Crippen LogP contribution is 2.26. The molecule has 0 unspecified atom stereocenters. The third-order valence-electron chi connectivity index (χ3n) is 2.25. The zero-order chi connectivity index (χ0) is 9.26. The number of hydrogen-bond donors (Lipinski definition) is 1. The third kappa shape index (κ3) is 1.61. The highest BCUT2D eigenvalue weighted by Gasteiger charge is 2.18. The van der Waals surface area contributed by atoms with Crippen LogP contribution in [0.2, 0.25) is 5.28 Å². The number of aromatic nitrogens is 2. The van der Waals surface area contributed by atoms with Crippen LogP contribution < -0.4 is 5.32 Å². The van der Waals surface area contributed by atoms with Gasteiger partial charge in [-0.3, -0.25) is 0 Å². The molecule has 1 N–H and O–H groups in total. The minimum atomic E-state index is 0.358. The molecule has 0 aromatic carbocycles. The van der Waals surface area contributed by atoms with Crippen LogP contribution in [-0.2, 0) is 12.8 Å². The first-order valence-corrected chi connectivity index (χ1v) is 4.98. The van der Waals surface area contributed by atoms with Crippen molar-refractivity contribution in [3.8, 4) is 0 Å². The quantitative estimate of drug-likeness (QED) is 0.738. The maximum Gasteiger partial charge on any atom is 0.224 e. The van der Waals surface area contributed by atoms with Gasteiger partial charge in [0.05, 0.1) is 5.69 Å². The van der Waals surface area contributed by atoms with Crippen molar-refractivity contribution in [1.82, 2.24) is 9.97 Å². The normalized spacial score (nSPS) is 14.3. The fourth-order valence-corrected chi connectivity index (χ4v) is 1.90. The predicted octanol–water partition coefficient (Wildman–Crippen LogP) is 2.05. The molecule has 0 atom stereocenters. The smallest absolute Gasteiger partial charge is 0.224 e. The van der Waals surface area contributed by atoms with E-state index >= 15 is 0 Å². The molecule has 0 bridgehead atoms. The number of aryl methyl sites for hydroxylation is 1. The molecule has 1 heterocycles. The zero-order valence-electron chi connectivity index (χ0n) is 7.60. The summed E-state index contributed by atoms with van der Waals surface area (Å²) in [6, 6.07) is 0. The van der Waals surface area contributed by atoms with Crippen LogP contribution in [0.3, 0.4) is 0 Å². The van der Waals surface area contributed by atoms with Crippen molar-refractivity contribution < 1.29 is 0 Å². The molecule has 0 radical (unpaired) electrons. The van der Waals surface area contributed by atoms with Crippen LogP contribution in [0.15, 0.2) is 0 Å². The monoisotopic (exact) mass is 197 g/mol. The molecule has 70 valence electrons. The van der Waals surface area contributed by atoms with Gasteiger partial charge in [0.15, 0.2) is 0 Å². The number of nitrogens with one attached hydrogen (secondary N) is 1. The molecule has 0 amide bonds. The molecular formula is C9H12ClN3. The van der Waals surface area contributed by atoms with Crippen molar-refractivity contribution in [3.05, 3.63) is 16.5 Å². The van der Waals surface area contributed by atoms with Gasteiger partial charge in [-0.25, -0.2) is 9.97 Å². The van der Waals surface area contributed by atoms with Gasteiger partial charge in [-0.1, -0.05) is 0 Å². The Morgan fingerprint density at radius 1 is 1.38 bits per heavy atom. The number of hydrogen-bond acceptors (Lipinski definition) is 3. The summed E-state index contributed by atoms with van der Waals surface area (Å²) in [4.78, 5) is 8.39. The summed E-state index contributed by atoms with van der Waals surface area (Å²) in [6.07, 6.45) is 3.29. The van der Waals surface area contributed by atoms with Gasteiger partial charge < -0.3 is 5.32 Å². The summed E-state index contributed by atoms with van der Waals surface area (Å²) >= 11 is 5.80. The predicted molar refractivity (Wildman–Crippen MR) is 53.2 cm³/mol. The Labute approximate surface area is 82.5 Å². The van der Waals surface area contributed by atoms with Crippen molar-refractivity contribution in [3.63, 3.8) is 0 Å². The van der Waals surface area contributed by atoms with Gasteiger partial charge in [0, 0.05) is 12.1 Å². The first kappa shape index (κ1) is 8.75. The van der Waals surface area contributed by atoms with E-state index in [0.29, 0.717) is 5.28 Å². The van der Waals surface area contributed by atoms with Crippen molar-refractivity contribution in [2.45, 2.75) is 26.2 Å². The molecule has 2 rings (SSSR count). The van der Waals surface area contributed by atoms with E-state index < -0.39 is 0 Å². The van der Waals surface area contributed by atoms with E-state index in [1.807, 2.05) is 0 Å². The van der Waals surface area contributed by atoms with Crippen LogP contribution in [0.5, 0.6) is 0 Å². The standard InChI is InChI=1S/C9H12ClN3/c1-2-11-8-6-4-3-5-7(6)12-9(10)13-8/h2-5H2,1H3,(H,11,12,13). The van der Waals surface area contributed by atoms with Gasteiger partial charge in [-0.15, -0.1) is 0 Å². The molecule has 3 nitrogen and oxygen atoms in total. The molecule has 13 heavy (non-hydrogen) atoms. The van der Waals surface area contributed by atoms with Crippen LogP contribution in [0.4, 0.5) is 5.82 Å². The lowest BCUT2D eigenvalue weighted by Crippen LogP contribution is -2.05. The Morgan fingerprint density at radius 3 is 3.00 bits per heavy atom. The van der Waals surface area contributed by atoms with E-state index in [-0.39, 0.29) is 0 Å². The topological polar surface area (TPSA) is 37.8 Å². The second-order valence-corrected chi connectivity index (χ2v) is 3.49. The molecule has 0 spiro atoms. The summed E-state index contributed by atoms with van der Waals surface area (Å²) in [6.45, 7) is 2.93. The van der Waals surface area contributed by atoms with Crippen LogP contribution in [-0.4, -0.2) is 16.5 Å². The van der Waals surface area contributed by atoms with E-state index in [2.05, 4.69) is 22.2 Å². The molecule has 0 fully saturated rings. The van der Waals surface area contributed by atoms with Gasteiger partial charge in [-0.05, 0) is 37.8 Å². The highest BCUT2D eigenvalue weighted by atomic mass is 35.5. The van der Waals surface area contributed by atoms with Crippen molar-refractivity contribution >= 4 is 17.4 Å². The summed E-state index contributed by atoms with van der Waals surface area (Å²) in [5, 5.41) is 3.57. The Balaban J connectivity index is 2.43.